The van der Waals surface area contributed by atoms with E-state index in [0.717, 1.165) is 23.4 Å². The maximum atomic E-state index is 4.26. The van der Waals surface area contributed by atoms with Gasteiger partial charge in [0.2, 0.25) is 0 Å². The minimum atomic E-state index is 0.185. The molecule has 0 saturated heterocycles. The average molecular weight is 327 g/mol. The predicted octanol–water partition coefficient (Wildman–Crippen LogP) is 4.44. The van der Waals surface area contributed by atoms with E-state index in [2.05, 4.69) is 66.9 Å². The smallest absolute Gasteiger partial charge is 0.0410 e. The van der Waals surface area contributed by atoms with Crippen molar-refractivity contribution in [2.45, 2.75) is 53.0 Å². The zero-order valence-corrected chi connectivity index (χ0v) is 14.4. The molecule has 1 unspecified atom stereocenters. The highest BCUT2D eigenvalue weighted by Crippen LogP contribution is 2.19. The summed E-state index contributed by atoms with van der Waals surface area (Å²) in [6, 6.07) is 2.18. The molecular weight excluding hydrogens is 300 g/mol. The fourth-order valence-corrected chi connectivity index (χ4v) is 2.67. The molecule has 0 saturated carbocycles. The molecule has 1 heterocycles. The second kappa shape index (κ2) is 7.39. The van der Waals surface area contributed by atoms with Crippen LogP contribution in [-0.2, 0) is 6.42 Å². The molecule has 0 fully saturated rings. The molecule has 2 nitrogen and oxygen atoms in total. The van der Waals surface area contributed by atoms with E-state index in [0.29, 0.717) is 5.92 Å². The fourth-order valence-electron chi connectivity index (χ4n) is 2.26. The van der Waals surface area contributed by atoms with Crippen molar-refractivity contribution < 1.29 is 0 Å². The highest BCUT2D eigenvalue weighted by atomic mass is 79.9. The van der Waals surface area contributed by atoms with Gasteiger partial charge < -0.3 is 5.32 Å². The molecule has 0 bridgehead atoms. The van der Waals surface area contributed by atoms with Gasteiger partial charge in [0.25, 0.3) is 0 Å². The number of hydrogen-bond donors (Lipinski definition) is 1. The molecule has 0 radical (unpaired) electrons. The summed E-state index contributed by atoms with van der Waals surface area (Å²) in [5.41, 5.74) is 1.50. The van der Waals surface area contributed by atoms with Gasteiger partial charge in [-0.1, -0.05) is 13.8 Å². The molecular formula is C16H27BrN2. The van der Waals surface area contributed by atoms with E-state index < -0.39 is 0 Å². The van der Waals surface area contributed by atoms with Gasteiger partial charge >= 0.3 is 0 Å². The summed E-state index contributed by atoms with van der Waals surface area (Å²) in [6.45, 7) is 12.3. The molecule has 0 aliphatic heterocycles. The first-order valence-electron chi connectivity index (χ1n) is 7.10. The van der Waals surface area contributed by atoms with E-state index in [1.807, 2.05) is 12.4 Å². The van der Waals surface area contributed by atoms with Crippen molar-refractivity contribution in [2.75, 3.05) is 6.54 Å². The first-order chi connectivity index (χ1) is 8.76. The van der Waals surface area contributed by atoms with E-state index in [-0.39, 0.29) is 5.54 Å². The summed E-state index contributed by atoms with van der Waals surface area (Å²) in [6.07, 6.45) is 6.16. The Kier molecular flexibility index (Phi) is 6.48. The number of nitrogens with zero attached hydrogens (tertiary/aromatic N) is 1. The van der Waals surface area contributed by atoms with Gasteiger partial charge in [-0.15, -0.1) is 0 Å². The molecule has 0 aliphatic rings. The van der Waals surface area contributed by atoms with Gasteiger partial charge in [0.15, 0.2) is 0 Å². The Morgan fingerprint density at radius 1 is 1.26 bits per heavy atom. The molecule has 1 rings (SSSR count). The normalized spacial score (nSPS) is 13.8. The van der Waals surface area contributed by atoms with Gasteiger partial charge in [-0.05, 0) is 79.6 Å². The fraction of sp³-hybridized carbons (Fsp3) is 0.688. The first kappa shape index (κ1) is 16.6. The molecule has 19 heavy (non-hydrogen) atoms. The number of rotatable bonds is 6. The van der Waals surface area contributed by atoms with Crippen LogP contribution >= 0.6 is 15.9 Å². The Labute approximate surface area is 126 Å². The second-order valence-electron chi connectivity index (χ2n) is 6.84. The number of pyridine rings is 1. The Bertz CT molecular complexity index is 383. The predicted molar refractivity (Wildman–Crippen MR) is 86.3 cm³/mol. The zero-order valence-electron chi connectivity index (χ0n) is 12.8. The zero-order chi connectivity index (χ0) is 14.5. The van der Waals surface area contributed by atoms with Crippen molar-refractivity contribution in [3.8, 4) is 0 Å². The quantitative estimate of drug-likeness (QED) is 0.836. The molecule has 0 spiro atoms. The van der Waals surface area contributed by atoms with Gasteiger partial charge in [-0.3, -0.25) is 4.98 Å². The summed E-state index contributed by atoms with van der Waals surface area (Å²) in [7, 11) is 0. The Morgan fingerprint density at radius 2 is 1.95 bits per heavy atom. The van der Waals surface area contributed by atoms with Crippen LogP contribution in [-0.4, -0.2) is 17.1 Å². The topological polar surface area (TPSA) is 24.9 Å². The lowest BCUT2D eigenvalue weighted by Gasteiger charge is -2.26. The monoisotopic (exact) mass is 326 g/mol. The maximum Gasteiger partial charge on any atom is 0.0410 e. The van der Waals surface area contributed by atoms with E-state index in [9.17, 15) is 0 Å². The number of hydrogen-bond acceptors (Lipinski definition) is 2. The van der Waals surface area contributed by atoms with E-state index in [1.54, 1.807) is 0 Å². The standard InChI is InChI=1S/C16H27BrN2/c1-12(2)6-13(10-19-16(3,4)5)7-14-8-15(17)11-18-9-14/h8-9,11-13,19H,6-7,10H2,1-5H3. The maximum absolute atomic E-state index is 4.26. The van der Waals surface area contributed by atoms with E-state index in [1.165, 1.54) is 12.0 Å². The number of aromatic nitrogens is 1. The third-order valence-electron chi connectivity index (χ3n) is 3.01. The summed E-state index contributed by atoms with van der Waals surface area (Å²) < 4.78 is 1.07. The van der Waals surface area contributed by atoms with Crippen LogP contribution in [0.3, 0.4) is 0 Å². The molecule has 0 aromatic carbocycles. The van der Waals surface area contributed by atoms with Crippen LogP contribution in [0.15, 0.2) is 22.9 Å². The highest BCUT2D eigenvalue weighted by Gasteiger charge is 2.16. The Hall–Kier alpha value is -0.410. The van der Waals surface area contributed by atoms with Crippen LogP contribution in [0.25, 0.3) is 0 Å². The average Bonchev–Trinajstić information content (AvgIpc) is 2.24. The number of halogens is 1. The van der Waals surface area contributed by atoms with Gasteiger partial charge in [0, 0.05) is 22.4 Å². The Balaban J connectivity index is 2.63. The second-order valence-corrected chi connectivity index (χ2v) is 7.76. The van der Waals surface area contributed by atoms with Gasteiger partial charge in [-0.2, -0.15) is 0 Å². The van der Waals surface area contributed by atoms with Gasteiger partial charge in [0.05, 0.1) is 0 Å². The third-order valence-corrected chi connectivity index (χ3v) is 3.45. The summed E-state index contributed by atoms with van der Waals surface area (Å²) in [5.74, 6) is 1.39. The molecule has 0 amide bonds. The Morgan fingerprint density at radius 3 is 2.47 bits per heavy atom. The van der Waals surface area contributed by atoms with Crippen molar-refractivity contribution in [3.05, 3.63) is 28.5 Å². The van der Waals surface area contributed by atoms with Gasteiger partial charge in [-0.25, -0.2) is 0 Å². The van der Waals surface area contributed by atoms with Crippen molar-refractivity contribution in [3.63, 3.8) is 0 Å². The molecule has 3 heteroatoms. The molecule has 108 valence electrons. The van der Waals surface area contributed by atoms with Crippen molar-refractivity contribution in [1.82, 2.24) is 10.3 Å². The van der Waals surface area contributed by atoms with Crippen LogP contribution in [0.4, 0.5) is 0 Å². The van der Waals surface area contributed by atoms with Crippen LogP contribution in [0.5, 0.6) is 0 Å². The largest absolute Gasteiger partial charge is 0.312 e. The summed E-state index contributed by atoms with van der Waals surface area (Å²) in [5, 5.41) is 3.63. The van der Waals surface area contributed by atoms with Crippen LogP contribution < -0.4 is 5.32 Å². The minimum absolute atomic E-state index is 0.185. The molecule has 1 N–H and O–H groups in total. The van der Waals surface area contributed by atoms with Crippen molar-refractivity contribution in [2.24, 2.45) is 11.8 Å². The van der Waals surface area contributed by atoms with E-state index >= 15 is 0 Å². The van der Waals surface area contributed by atoms with Crippen LogP contribution in [0.1, 0.15) is 46.6 Å². The number of nitrogens with one attached hydrogen (secondary N) is 1. The molecule has 0 aliphatic carbocycles. The summed E-state index contributed by atoms with van der Waals surface area (Å²) >= 11 is 3.50. The van der Waals surface area contributed by atoms with Gasteiger partial charge in [0.1, 0.15) is 0 Å². The minimum Gasteiger partial charge on any atom is -0.312 e. The van der Waals surface area contributed by atoms with Crippen LogP contribution in [0.2, 0.25) is 0 Å². The summed E-state index contributed by atoms with van der Waals surface area (Å²) in [4.78, 5) is 4.26. The van der Waals surface area contributed by atoms with Crippen molar-refractivity contribution in [1.29, 1.82) is 0 Å². The lowest BCUT2D eigenvalue weighted by atomic mass is 9.90. The molecule has 1 aromatic rings. The lowest BCUT2D eigenvalue weighted by molar-refractivity contribution is 0.331. The molecule has 1 atom stereocenters. The van der Waals surface area contributed by atoms with E-state index in [4.69, 9.17) is 0 Å². The SMILES string of the molecule is CC(C)CC(CNC(C)(C)C)Cc1cncc(Br)c1. The van der Waals surface area contributed by atoms with Crippen LogP contribution in [0, 0.1) is 11.8 Å². The van der Waals surface area contributed by atoms with Crippen molar-refractivity contribution >= 4 is 15.9 Å². The molecule has 1 aromatic heterocycles. The lowest BCUT2D eigenvalue weighted by Crippen LogP contribution is -2.39. The highest BCUT2D eigenvalue weighted by molar-refractivity contribution is 9.10. The third kappa shape index (κ3) is 7.68. The first-order valence-corrected chi connectivity index (χ1v) is 7.90.